The zero-order valence-corrected chi connectivity index (χ0v) is 14.2. The number of fused-ring (bicyclic) bond motifs is 1. The number of anilines is 1. The molecule has 3 aromatic rings. The highest BCUT2D eigenvalue weighted by Crippen LogP contribution is 2.27. The number of carbonyl (C=O) groups is 2. The van der Waals surface area contributed by atoms with Crippen LogP contribution in [0.15, 0.2) is 54.6 Å². The summed E-state index contributed by atoms with van der Waals surface area (Å²) < 4.78 is 13.0. The molecule has 0 atom stereocenters. The van der Waals surface area contributed by atoms with Gasteiger partial charge in [-0.1, -0.05) is 6.07 Å². The molecule has 0 amide bonds. The largest absolute Gasteiger partial charge is 0.473 e. The molecule has 2 aromatic carbocycles. The number of nitrogens with zero attached hydrogens (tertiary/aromatic N) is 2. The van der Waals surface area contributed by atoms with Crippen molar-refractivity contribution in [1.29, 1.82) is 0 Å². The molecule has 6 nitrogen and oxygen atoms in total. The third-order valence-electron chi connectivity index (χ3n) is 3.51. The first-order valence-electron chi connectivity index (χ1n) is 7.59. The fourth-order valence-electron chi connectivity index (χ4n) is 2.31. The van der Waals surface area contributed by atoms with E-state index in [-0.39, 0.29) is 5.82 Å². The highest BCUT2D eigenvalue weighted by molar-refractivity contribution is 6.27. The second kappa shape index (κ2) is 8.06. The van der Waals surface area contributed by atoms with Crippen LogP contribution in [0.25, 0.3) is 22.2 Å². The van der Waals surface area contributed by atoms with Gasteiger partial charge in [0.05, 0.1) is 11.2 Å². The van der Waals surface area contributed by atoms with Crippen molar-refractivity contribution < 1.29 is 24.2 Å². The molecular formula is C19H17FN2O4. The van der Waals surface area contributed by atoms with Crippen molar-refractivity contribution in [3.8, 4) is 11.3 Å². The molecular weight excluding hydrogens is 339 g/mol. The van der Waals surface area contributed by atoms with Gasteiger partial charge in [-0.05, 0) is 48.5 Å². The van der Waals surface area contributed by atoms with Crippen LogP contribution in [0.2, 0.25) is 0 Å². The third-order valence-corrected chi connectivity index (χ3v) is 3.51. The summed E-state index contributed by atoms with van der Waals surface area (Å²) in [6, 6.07) is 16.5. The van der Waals surface area contributed by atoms with E-state index in [1.165, 1.54) is 12.1 Å². The van der Waals surface area contributed by atoms with Gasteiger partial charge in [0.2, 0.25) is 0 Å². The Labute approximate surface area is 149 Å². The van der Waals surface area contributed by atoms with Gasteiger partial charge in [0.1, 0.15) is 5.82 Å². The first kappa shape index (κ1) is 18.9. The molecule has 0 fully saturated rings. The number of benzene rings is 2. The van der Waals surface area contributed by atoms with Crippen molar-refractivity contribution in [3.63, 3.8) is 0 Å². The van der Waals surface area contributed by atoms with Crippen molar-refractivity contribution in [1.82, 2.24) is 4.98 Å². The third kappa shape index (κ3) is 4.54. The van der Waals surface area contributed by atoms with Crippen LogP contribution in [0.3, 0.4) is 0 Å². The number of halogens is 1. The van der Waals surface area contributed by atoms with Crippen LogP contribution in [0.1, 0.15) is 0 Å². The topological polar surface area (TPSA) is 90.7 Å². The number of carboxylic acid groups (broad SMARTS) is 2. The lowest BCUT2D eigenvalue weighted by Gasteiger charge is -2.15. The summed E-state index contributed by atoms with van der Waals surface area (Å²) in [6.45, 7) is 0. The minimum Gasteiger partial charge on any atom is -0.473 e. The Kier molecular flexibility index (Phi) is 5.85. The molecule has 2 N–H and O–H groups in total. The average Bonchev–Trinajstić information content (AvgIpc) is 2.61. The average molecular weight is 356 g/mol. The van der Waals surface area contributed by atoms with Crippen molar-refractivity contribution in [2.45, 2.75) is 0 Å². The zero-order valence-electron chi connectivity index (χ0n) is 14.2. The van der Waals surface area contributed by atoms with Crippen LogP contribution in [0.4, 0.5) is 10.1 Å². The fraction of sp³-hybridized carbons (Fsp3) is 0.105. The van der Waals surface area contributed by atoms with Crippen molar-refractivity contribution in [2.24, 2.45) is 0 Å². The Morgan fingerprint density at radius 1 is 0.923 bits per heavy atom. The molecule has 0 aliphatic heterocycles. The van der Waals surface area contributed by atoms with E-state index < -0.39 is 11.9 Å². The molecule has 7 heteroatoms. The standard InChI is InChI=1S/C17H15FN2.C2H2O4/c1-20(2)17-5-3-4-16-14(17)10-11-15(19-16)12-6-8-13(18)9-7-12;3-1(4)2(5)6/h3-11H,1-2H3;(H,3,4)(H,5,6). The highest BCUT2D eigenvalue weighted by atomic mass is 19.1. The summed E-state index contributed by atoms with van der Waals surface area (Å²) in [4.78, 5) is 24.9. The molecule has 0 aliphatic rings. The number of carboxylic acids is 2. The van der Waals surface area contributed by atoms with Crippen LogP contribution in [-0.2, 0) is 9.59 Å². The molecule has 0 bridgehead atoms. The minimum absolute atomic E-state index is 0.232. The summed E-state index contributed by atoms with van der Waals surface area (Å²) in [5.41, 5.74) is 3.86. The Hall–Kier alpha value is -3.48. The van der Waals surface area contributed by atoms with Gasteiger partial charge in [-0.15, -0.1) is 0 Å². The predicted octanol–water partition coefficient (Wildman–Crippen LogP) is 3.26. The van der Waals surface area contributed by atoms with Crippen molar-refractivity contribution in [3.05, 3.63) is 60.4 Å². The lowest BCUT2D eigenvalue weighted by atomic mass is 10.1. The molecule has 0 spiro atoms. The van der Waals surface area contributed by atoms with Gasteiger partial charge in [0.25, 0.3) is 0 Å². The normalized spacial score (nSPS) is 9.96. The second-order valence-electron chi connectivity index (χ2n) is 5.55. The Morgan fingerprint density at radius 2 is 1.54 bits per heavy atom. The molecule has 134 valence electrons. The lowest BCUT2D eigenvalue weighted by Crippen LogP contribution is -2.09. The zero-order chi connectivity index (χ0) is 19.3. The van der Waals surface area contributed by atoms with Gasteiger partial charge < -0.3 is 15.1 Å². The Morgan fingerprint density at radius 3 is 2.08 bits per heavy atom. The summed E-state index contributed by atoms with van der Waals surface area (Å²) in [5, 5.41) is 15.9. The van der Waals surface area contributed by atoms with Crippen LogP contribution in [0, 0.1) is 5.82 Å². The molecule has 0 unspecified atom stereocenters. The monoisotopic (exact) mass is 356 g/mol. The first-order chi connectivity index (χ1) is 12.3. The van der Waals surface area contributed by atoms with Crippen molar-refractivity contribution >= 4 is 28.5 Å². The van der Waals surface area contributed by atoms with Gasteiger partial charge in [0, 0.05) is 30.7 Å². The number of rotatable bonds is 2. The molecule has 0 radical (unpaired) electrons. The van der Waals surface area contributed by atoms with E-state index in [0.29, 0.717) is 0 Å². The SMILES string of the molecule is CN(C)c1cccc2nc(-c3ccc(F)cc3)ccc12.O=C(O)C(=O)O. The van der Waals surface area contributed by atoms with Gasteiger partial charge in [-0.3, -0.25) is 0 Å². The van der Waals surface area contributed by atoms with Gasteiger partial charge in [0.15, 0.2) is 0 Å². The molecule has 0 aliphatic carbocycles. The second-order valence-corrected chi connectivity index (χ2v) is 5.55. The lowest BCUT2D eigenvalue weighted by molar-refractivity contribution is -0.159. The van der Waals surface area contributed by atoms with Crippen molar-refractivity contribution in [2.75, 3.05) is 19.0 Å². The van der Waals surface area contributed by atoms with E-state index >= 15 is 0 Å². The molecule has 26 heavy (non-hydrogen) atoms. The summed E-state index contributed by atoms with van der Waals surface area (Å²) in [7, 11) is 4.03. The highest BCUT2D eigenvalue weighted by Gasteiger charge is 2.06. The maximum atomic E-state index is 13.0. The number of hydrogen-bond donors (Lipinski definition) is 2. The van der Waals surface area contributed by atoms with E-state index in [4.69, 9.17) is 19.8 Å². The first-order valence-corrected chi connectivity index (χ1v) is 7.59. The van der Waals surface area contributed by atoms with Crippen LogP contribution in [-0.4, -0.2) is 41.2 Å². The van der Waals surface area contributed by atoms with E-state index in [1.807, 2.05) is 32.3 Å². The van der Waals surface area contributed by atoms with Crippen LogP contribution < -0.4 is 4.90 Å². The maximum Gasteiger partial charge on any atom is 0.414 e. The predicted molar refractivity (Wildman–Crippen MR) is 96.7 cm³/mol. The van der Waals surface area contributed by atoms with Gasteiger partial charge >= 0.3 is 11.9 Å². The van der Waals surface area contributed by atoms with E-state index in [9.17, 15) is 4.39 Å². The van der Waals surface area contributed by atoms with Crippen LogP contribution >= 0.6 is 0 Å². The Bertz CT molecular complexity index is 928. The molecule has 3 rings (SSSR count). The van der Waals surface area contributed by atoms with E-state index in [1.54, 1.807) is 12.1 Å². The minimum atomic E-state index is -1.82. The summed E-state index contributed by atoms with van der Waals surface area (Å²) in [6.07, 6.45) is 0. The van der Waals surface area contributed by atoms with Crippen LogP contribution in [0.5, 0.6) is 0 Å². The molecule has 1 aromatic heterocycles. The molecule has 0 saturated heterocycles. The van der Waals surface area contributed by atoms with Gasteiger partial charge in [-0.25, -0.2) is 19.0 Å². The fourth-order valence-corrected chi connectivity index (χ4v) is 2.31. The number of aliphatic carboxylic acids is 2. The quantitative estimate of drug-likeness (QED) is 0.685. The van der Waals surface area contributed by atoms with E-state index in [0.717, 1.165) is 27.8 Å². The number of hydrogen-bond acceptors (Lipinski definition) is 4. The summed E-state index contributed by atoms with van der Waals surface area (Å²) >= 11 is 0. The van der Waals surface area contributed by atoms with Gasteiger partial charge in [-0.2, -0.15) is 0 Å². The number of pyridine rings is 1. The van der Waals surface area contributed by atoms with E-state index in [2.05, 4.69) is 22.0 Å². The maximum absolute atomic E-state index is 13.0. The number of aromatic nitrogens is 1. The Balaban J connectivity index is 0.000000352. The smallest absolute Gasteiger partial charge is 0.414 e. The molecule has 1 heterocycles. The molecule has 0 saturated carbocycles. The summed E-state index contributed by atoms with van der Waals surface area (Å²) in [5.74, 6) is -3.88.